The van der Waals surface area contributed by atoms with Gasteiger partial charge in [-0.05, 0) is 0 Å². The van der Waals surface area contributed by atoms with Crippen LogP contribution in [0.25, 0.3) is 22.7 Å². The lowest BCUT2D eigenvalue weighted by Crippen LogP contribution is -1.93. The van der Waals surface area contributed by atoms with Crippen LogP contribution in [-0.4, -0.2) is 19.5 Å². The molecule has 0 spiro atoms. The van der Waals surface area contributed by atoms with E-state index in [2.05, 4.69) is 21.1 Å². The lowest BCUT2D eigenvalue weighted by molar-refractivity contribution is 0.940. The summed E-state index contributed by atoms with van der Waals surface area (Å²) in [6.45, 7) is 0. The van der Waals surface area contributed by atoms with Crippen LogP contribution in [0.15, 0.2) is 36.5 Å². The zero-order chi connectivity index (χ0) is 11.0. The van der Waals surface area contributed by atoms with Crippen molar-refractivity contribution < 1.29 is 0 Å². The highest BCUT2D eigenvalue weighted by Gasteiger charge is 2.10. The molecule has 0 aliphatic heterocycles. The lowest BCUT2D eigenvalue weighted by Gasteiger charge is -2.00. The summed E-state index contributed by atoms with van der Waals surface area (Å²) in [7, 11) is 1.93. The van der Waals surface area contributed by atoms with E-state index in [0.717, 1.165) is 17.0 Å². The summed E-state index contributed by atoms with van der Waals surface area (Å²) in [6.07, 6.45) is 4.25. The third kappa shape index (κ3) is 1.27. The SMILES string of the molecule is Cn1c(-c2ccccc2)nc2nc[c]nc21. The number of fused-ring (bicyclic) bond motifs is 1. The monoisotopic (exact) mass is 209 g/mol. The summed E-state index contributed by atoms with van der Waals surface area (Å²) in [4.78, 5) is 12.7. The maximum absolute atomic E-state index is 4.45. The van der Waals surface area contributed by atoms with Crippen LogP contribution in [0, 0.1) is 6.20 Å². The molecular weight excluding hydrogens is 200 g/mol. The molecule has 0 aliphatic carbocycles. The Balaban J connectivity index is 2.29. The summed E-state index contributed by atoms with van der Waals surface area (Å²) in [5, 5.41) is 0. The van der Waals surface area contributed by atoms with E-state index >= 15 is 0 Å². The van der Waals surface area contributed by atoms with Crippen molar-refractivity contribution in [1.29, 1.82) is 0 Å². The summed E-state index contributed by atoms with van der Waals surface area (Å²) in [6, 6.07) is 10.00. The molecule has 4 nitrogen and oxygen atoms in total. The number of imidazole rings is 1. The fourth-order valence-corrected chi connectivity index (χ4v) is 1.71. The first-order chi connectivity index (χ1) is 7.86. The molecule has 0 atom stereocenters. The molecule has 0 saturated carbocycles. The number of hydrogen-bond donors (Lipinski definition) is 0. The Labute approximate surface area is 92.6 Å². The van der Waals surface area contributed by atoms with Crippen molar-refractivity contribution in [2.75, 3.05) is 0 Å². The van der Waals surface area contributed by atoms with Crippen molar-refractivity contribution >= 4 is 11.3 Å². The fourth-order valence-electron chi connectivity index (χ4n) is 1.71. The van der Waals surface area contributed by atoms with E-state index in [9.17, 15) is 0 Å². The van der Waals surface area contributed by atoms with Gasteiger partial charge in [-0.1, -0.05) is 30.3 Å². The number of rotatable bonds is 1. The zero-order valence-corrected chi connectivity index (χ0v) is 8.75. The highest BCUT2D eigenvalue weighted by Crippen LogP contribution is 2.20. The average molecular weight is 209 g/mol. The van der Waals surface area contributed by atoms with Crippen LogP contribution in [0.2, 0.25) is 0 Å². The van der Waals surface area contributed by atoms with Crippen LogP contribution >= 0.6 is 0 Å². The first kappa shape index (κ1) is 9.03. The standard InChI is InChI=1S/C12H9N4/c1-16-11(9-5-3-2-4-6-9)15-10-12(16)14-8-7-13-10/h2-7H,1H3. The Morgan fingerprint density at radius 2 is 2.00 bits per heavy atom. The summed E-state index contributed by atoms with van der Waals surface area (Å²) >= 11 is 0. The highest BCUT2D eigenvalue weighted by molar-refractivity contribution is 5.73. The predicted octanol–water partition coefficient (Wildman–Crippen LogP) is 1.83. The van der Waals surface area contributed by atoms with Crippen molar-refractivity contribution in [1.82, 2.24) is 19.5 Å². The smallest absolute Gasteiger partial charge is 0.198 e. The largest absolute Gasteiger partial charge is 0.310 e. The van der Waals surface area contributed by atoms with Gasteiger partial charge in [-0.25, -0.2) is 15.0 Å². The van der Waals surface area contributed by atoms with Gasteiger partial charge < -0.3 is 4.57 Å². The number of aryl methyl sites for hydroxylation is 1. The zero-order valence-electron chi connectivity index (χ0n) is 8.75. The van der Waals surface area contributed by atoms with Gasteiger partial charge in [-0.2, -0.15) is 0 Å². The van der Waals surface area contributed by atoms with E-state index in [0.29, 0.717) is 5.65 Å². The fraction of sp³-hybridized carbons (Fsp3) is 0.0833. The molecule has 0 unspecified atom stereocenters. The normalized spacial score (nSPS) is 10.8. The number of benzene rings is 1. The highest BCUT2D eigenvalue weighted by atomic mass is 15.1. The number of nitrogens with zero attached hydrogens (tertiary/aromatic N) is 4. The molecule has 0 aliphatic rings. The molecule has 2 heterocycles. The Morgan fingerprint density at radius 1 is 1.19 bits per heavy atom. The topological polar surface area (TPSA) is 43.6 Å². The van der Waals surface area contributed by atoms with E-state index < -0.39 is 0 Å². The van der Waals surface area contributed by atoms with Gasteiger partial charge in [0.25, 0.3) is 0 Å². The lowest BCUT2D eigenvalue weighted by atomic mass is 10.2. The minimum absolute atomic E-state index is 0.653. The second-order valence-electron chi connectivity index (χ2n) is 3.51. The Morgan fingerprint density at radius 3 is 2.75 bits per heavy atom. The van der Waals surface area contributed by atoms with Crippen molar-refractivity contribution in [3.05, 3.63) is 42.7 Å². The van der Waals surface area contributed by atoms with E-state index in [-0.39, 0.29) is 0 Å². The van der Waals surface area contributed by atoms with Crippen LogP contribution in [0.4, 0.5) is 0 Å². The summed E-state index contributed by atoms with van der Waals surface area (Å²) < 4.78 is 1.92. The molecule has 0 bridgehead atoms. The molecule has 0 saturated heterocycles. The maximum atomic E-state index is 4.45. The van der Waals surface area contributed by atoms with Gasteiger partial charge in [0.1, 0.15) is 12.0 Å². The van der Waals surface area contributed by atoms with E-state index in [1.54, 1.807) is 0 Å². The minimum atomic E-state index is 0.653. The average Bonchev–Trinajstić information content (AvgIpc) is 2.69. The van der Waals surface area contributed by atoms with Crippen molar-refractivity contribution in [3.63, 3.8) is 0 Å². The molecule has 2 aromatic heterocycles. The molecule has 16 heavy (non-hydrogen) atoms. The molecule has 0 amide bonds. The van der Waals surface area contributed by atoms with Gasteiger partial charge in [-0.15, -0.1) is 0 Å². The first-order valence-electron chi connectivity index (χ1n) is 4.97. The van der Waals surface area contributed by atoms with Gasteiger partial charge in [0.05, 0.1) is 6.20 Å². The third-order valence-corrected chi connectivity index (χ3v) is 2.49. The molecule has 1 radical (unpaired) electrons. The second kappa shape index (κ2) is 3.41. The summed E-state index contributed by atoms with van der Waals surface area (Å²) in [5.41, 5.74) is 2.46. The minimum Gasteiger partial charge on any atom is -0.310 e. The molecule has 0 N–H and O–H groups in total. The van der Waals surface area contributed by atoms with Crippen molar-refractivity contribution in [2.45, 2.75) is 0 Å². The number of hydrogen-bond acceptors (Lipinski definition) is 3. The molecule has 3 aromatic rings. The Kier molecular flexibility index (Phi) is 1.93. The van der Waals surface area contributed by atoms with E-state index in [1.807, 2.05) is 41.9 Å². The van der Waals surface area contributed by atoms with Crippen molar-refractivity contribution in [3.8, 4) is 11.4 Å². The van der Waals surface area contributed by atoms with E-state index in [4.69, 9.17) is 0 Å². The maximum Gasteiger partial charge on any atom is 0.198 e. The Hall–Kier alpha value is -2.23. The molecule has 1 aromatic carbocycles. The summed E-state index contributed by atoms with van der Waals surface area (Å²) in [5.74, 6) is 0.871. The van der Waals surface area contributed by atoms with Gasteiger partial charge in [-0.3, -0.25) is 0 Å². The third-order valence-electron chi connectivity index (χ3n) is 2.49. The molecule has 77 valence electrons. The molecule has 0 fully saturated rings. The van der Waals surface area contributed by atoms with E-state index in [1.165, 1.54) is 6.20 Å². The first-order valence-corrected chi connectivity index (χ1v) is 4.97. The van der Waals surface area contributed by atoms with Crippen LogP contribution in [-0.2, 0) is 7.05 Å². The van der Waals surface area contributed by atoms with Crippen LogP contribution in [0.1, 0.15) is 0 Å². The molecule has 3 rings (SSSR count). The van der Waals surface area contributed by atoms with Crippen LogP contribution < -0.4 is 0 Å². The van der Waals surface area contributed by atoms with Gasteiger partial charge in [0.15, 0.2) is 11.3 Å². The van der Waals surface area contributed by atoms with Crippen LogP contribution in [0.3, 0.4) is 0 Å². The number of aromatic nitrogens is 4. The Bertz CT molecular complexity index is 628. The van der Waals surface area contributed by atoms with Crippen LogP contribution in [0.5, 0.6) is 0 Å². The molecular formula is C12H9N4. The quantitative estimate of drug-likeness (QED) is 0.614. The molecule has 4 heteroatoms. The predicted molar refractivity (Wildman–Crippen MR) is 60.6 cm³/mol. The van der Waals surface area contributed by atoms with Gasteiger partial charge in [0.2, 0.25) is 0 Å². The van der Waals surface area contributed by atoms with Gasteiger partial charge >= 0.3 is 0 Å². The van der Waals surface area contributed by atoms with Crippen molar-refractivity contribution in [2.24, 2.45) is 7.05 Å². The van der Waals surface area contributed by atoms with Gasteiger partial charge in [0, 0.05) is 12.6 Å². The second-order valence-corrected chi connectivity index (χ2v) is 3.51.